The maximum atomic E-state index is 5.99. The van der Waals surface area contributed by atoms with Gasteiger partial charge in [0.05, 0.1) is 5.76 Å². The van der Waals surface area contributed by atoms with Crippen molar-refractivity contribution in [2.75, 3.05) is 0 Å². The molecule has 0 atom stereocenters. The summed E-state index contributed by atoms with van der Waals surface area (Å²) in [4.78, 5) is 0. The fraction of sp³-hybridized carbons (Fsp3) is 0.833. The molecular formula is C12H23BO. The SMILES string of the molecule is CCB(CC)O/C1=C/CCCCCC1. The van der Waals surface area contributed by atoms with Gasteiger partial charge in [0, 0.05) is 6.42 Å². The molecule has 0 aromatic carbocycles. The lowest BCUT2D eigenvalue weighted by Crippen LogP contribution is -2.15. The second-order valence-corrected chi connectivity index (χ2v) is 4.18. The quantitative estimate of drug-likeness (QED) is 0.607. The van der Waals surface area contributed by atoms with Crippen LogP contribution >= 0.6 is 0 Å². The van der Waals surface area contributed by atoms with E-state index in [9.17, 15) is 0 Å². The van der Waals surface area contributed by atoms with Crippen molar-refractivity contribution in [2.24, 2.45) is 0 Å². The van der Waals surface area contributed by atoms with Gasteiger partial charge in [-0.15, -0.1) is 0 Å². The van der Waals surface area contributed by atoms with Crippen molar-refractivity contribution in [3.8, 4) is 0 Å². The molecule has 0 aromatic heterocycles. The van der Waals surface area contributed by atoms with Crippen molar-refractivity contribution in [3.05, 3.63) is 11.8 Å². The second-order valence-electron chi connectivity index (χ2n) is 4.18. The molecule has 2 heteroatoms. The molecule has 0 saturated carbocycles. The molecular weight excluding hydrogens is 171 g/mol. The van der Waals surface area contributed by atoms with Crippen LogP contribution in [0.2, 0.25) is 12.6 Å². The molecule has 0 spiro atoms. The molecule has 1 aliphatic rings. The van der Waals surface area contributed by atoms with Crippen LogP contribution in [0.4, 0.5) is 0 Å². The highest BCUT2D eigenvalue weighted by molar-refractivity contribution is 6.51. The van der Waals surface area contributed by atoms with Gasteiger partial charge < -0.3 is 4.65 Å². The Labute approximate surface area is 89.0 Å². The van der Waals surface area contributed by atoms with Gasteiger partial charge in [0.2, 0.25) is 0 Å². The highest BCUT2D eigenvalue weighted by atomic mass is 16.4. The summed E-state index contributed by atoms with van der Waals surface area (Å²) in [6.07, 6.45) is 12.4. The number of allylic oxidation sites excluding steroid dienone is 2. The lowest BCUT2D eigenvalue weighted by Gasteiger charge is -2.17. The minimum Gasteiger partial charge on any atom is -0.564 e. The number of rotatable bonds is 4. The third-order valence-electron chi connectivity index (χ3n) is 2.98. The van der Waals surface area contributed by atoms with Crippen LogP contribution in [0.25, 0.3) is 0 Å². The monoisotopic (exact) mass is 194 g/mol. The lowest BCUT2D eigenvalue weighted by molar-refractivity contribution is 0.390. The molecule has 0 fully saturated rings. The molecule has 0 saturated heterocycles. The second kappa shape index (κ2) is 6.97. The van der Waals surface area contributed by atoms with Crippen LogP contribution < -0.4 is 0 Å². The molecule has 0 N–H and O–H groups in total. The van der Waals surface area contributed by atoms with Crippen molar-refractivity contribution in [1.82, 2.24) is 0 Å². The molecule has 1 aliphatic carbocycles. The molecule has 1 rings (SSSR count). The smallest absolute Gasteiger partial charge is 0.356 e. The Morgan fingerprint density at radius 2 is 1.86 bits per heavy atom. The molecule has 0 aromatic rings. The Kier molecular flexibility index (Phi) is 5.82. The first kappa shape index (κ1) is 11.7. The Hall–Kier alpha value is -0.395. The molecule has 0 unspecified atom stereocenters. The van der Waals surface area contributed by atoms with Gasteiger partial charge in [0.15, 0.2) is 0 Å². The molecule has 0 aliphatic heterocycles. The normalized spacial score (nSPS) is 21.7. The predicted molar refractivity (Wildman–Crippen MR) is 63.6 cm³/mol. The largest absolute Gasteiger partial charge is 0.564 e. The van der Waals surface area contributed by atoms with Crippen LogP contribution in [-0.2, 0) is 4.65 Å². The maximum absolute atomic E-state index is 5.99. The molecule has 1 nitrogen and oxygen atoms in total. The molecule has 0 heterocycles. The van der Waals surface area contributed by atoms with E-state index in [1.165, 1.54) is 37.9 Å². The third kappa shape index (κ3) is 4.21. The molecule has 14 heavy (non-hydrogen) atoms. The summed E-state index contributed by atoms with van der Waals surface area (Å²) in [7, 11) is 0. The Balaban J connectivity index is 2.39. The van der Waals surface area contributed by atoms with E-state index >= 15 is 0 Å². The highest BCUT2D eigenvalue weighted by Gasteiger charge is 2.13. The van der Waals surface area contributed by atoms with Gasteiger partial charge in [-0.05, 0) is 38.0 Å². The zero-order chi connectivity index (χ0) is 10.2. The van der Waals surface area contributed by atoms with Crippen LogP contribution in [0.3, 0.4) is 0 Å². The summed E-state index contributed by atoms with van der Waals surface area (Å²) in [5.74, 6) is 1.26. The van der Waals surface area contributed by atoms with E-state index < -0.39 is 0 Å². The van der Waals surface area contributed by atoms with Crippen LogP contribution in [0, 0.1) is 0 Å². The van der Waals surface area contributed by atoms with Gasteiger partial charge in [-0.1, -0.05) is 26.7 Å². The number of hydrogen-bond acceptors (Lipinski definition) is 1. The Morgan fingerprint density at radius 3 is 2.57 bits per heavy atom. The zero-order valence-corrected chi connectivity index (χ0v) is 9.72. The van der Waals surface area contributed by atoms with E-state index in [1.54, 1.807) is 0 Å². The Morgan fingerprint density at radius 1 is 1.14 bits per heavy atom. The highest BCUT2D eigenvalue weighted by Crippen LogP contribution is 2.19. The van der Waals surface area contributed by atoms with E-state index in [1.807, 2.05) is 0 Å². The first-order valence-electron chi connectivity index (χ1n) is 6.22. The van der Waals surface area contributed by atoms with Gasteiger partial charge in [-0.2, -0.15) is 0 Å². The van der Waals surface area contributed by atoms with Crippen LogP contribution in [0.15, 0.2) is 11.8 Å². The summed E-state index contributed by atoms with van der Waals surface area (Å²) in [6, 6.07) is 0. The standard InChI is InChI=1S/C12H23BO/c1-3-13(4-2)14-12-10-8-6-5-7-9-11-12/h10H,3-9,11H2,1-2H3/b12-10+. The van der Waals surface area contributed by atoms with Crippen LogP contribution in [0.5, 0.6) is 0 Å². The fourth-order valence-corrected chi connectivity index (χ4v) is 1.94. The summed E-state index contributed by atoms with van der Waals surface area (Å²) in [6.45, 7) is 4.86. The van der Waals surface area contributed by atoms with Gasteiger partial charge >= 0.3 is 6.92 Å². The third-order valence-corrected chi connectivity index (χ3v) is 2.98. The minimum absolute atomic E-state index is 0.445. The summed E-state index contributed by atoms with van der Waals surface area (Å²) >= 11 is 0. The van der Waals surface area contributed by atoms with Gasteiger partial charge in [0.1, 0.15) is 0 Å². The van der Waals surface area contributed by atoms with Crippen LogP contribution in [0.1, 0.15) is 52.4 Å². The van der Waals surface area contributed by atoms with Crippen molar-refractivity contribution in [2.45, 2.75) is 65.0 Å². The molecule has 80 valence electrons. The average molecular weight is 194 g/mol. The molecule has 0 amide bonds. The van der Waals surface area contributed by atoms with E-state index in [0.29, 0.717) is 6.92 Å². The van der Waals surface area contributed by atoms with Crippen molar-refractivity contribution in [3.63, 3.8) is 0 Å². The van der Waals surface area contributed by atoms with Crippen LogP contribution in [-0.4, -0.2) is 6.92 Å². The zero-order valence-electron chi connectivity index (χ0n) is 9.72. The van der Waals surface area contributed by atoms with Crippen molar-refractivity contribution < 1.29 is 4.65 Å². The first-order chi connectivity index (χ1) is 6.86. The topological polar surface area (TPSA) is 9.23 Å². The molecule has 0 bridgehead atoms. The van der Waals surface area contributed by atoms with E-state index in [-0.39, 0.29) is 0 Å². The van der Waals surface area contributed by atoms with E-state index in [4.69, 9.17) is 4.65 Å². The first-order valence-corrected chi connectivity index (χ1v) is 6.22. The summed E-state index contributed by atoms with van der Waals surface area (Å²) in [5, 5.41) is 0. The van der Waals surface area contributed by atoms with E-state index in [2.05, 4.69) is 19.9 Å². The summed E-state index contributed by atoms with van der Waals surface area (Å²) < 4.78 is 5.99. The van der Waals surface area contributed by atoms with Gasteiger partial charge in [0.25, 0.3) is 0 Å². The van der Waals surface area contributed by atoms with Crippen molar-refractivity contribution >= 4 is 6.92 Å². The van der Waals surface area contributed by atoms with Gasteiger partial charge in [-0.25, -0.2) is 0 Å². The number of hydrogen-bond donors (Lipinski definition) is 0. The van der Waals surface area contributed by atoms with Gasteiger partial charge in [-0.3, -0.25) is 0 Å². The summed E-state index contributed by atoms with van der Waals surface area (Å²) in [5.41, 5.74) is 0. The average Bonchev–Trinajstić information content (AvgIpc) is 2.16. The van der Waals surface area contributed by atoms with E-state index in [0.717, 1.165) is 19.1 Å². The molecule has 0 radical (unpaired) electrons. The minimum atomic E-state index is 0.445. The maximum Gasteiger partial charge on any atom is 0.356 e. The Bertz CT molecular complexity index is 173. The fourth-order valence-electron chi connectivity index (χ4n) is 1.94. The predicted octanol–water partition coefficient (Wildman–Crippen LogP) is 4.27. The van der Waals surface area contributed by atoms with Crippen molar-refractivity contribution in [1.29, 1.82) is 0 Å². The lowest BCUT2D eigenvalue weighted by atomic mass is 9.62.